The van der Waals surface area contributed by atoms with Gasteiger partial charge in [-0.25, -0.2) is 0 Å². The lowest BCUT2D eigenvalue weighted by Crippen LogP contribution is -1.98. The van der Waals surface area contributed by atoms with Gasteiger partial charge in [0.1, 0.15) is 11.5 Å². The quantitative estimate of drug-likeness (QED) is 0.342. The van der Waals surface area contributed by atoms with E-state index in [4.69, 9.17) is 9.47 Å². The first kappa shape index (κ1) is 20.2. The molecule has 0 aliphatic heterocycles. The molecule has 2 nitrogen and oxygen atoms in total. The zero-order valence-electron chi connectivity index (χ0n) is 16.1. The molecule has 26 heavy (non-hydrogen) atoms. The lowest BCUT2D eigenvalue weighted by Gasteiger charge is -2.14. The highest BCUT2D eigenvalue weighted by Gasteiger charge is 2.10. The molecule has 0 radical (unpaired) electrons. The van der Waals surface area contributed by atoms with Crippen LogP contribution in [-0.2, 0) is 0 Å². The van der Waals surface area contributed by atoms with Crippen molar-refractivity contribution < 1.29 is 9.47 Å². The molecular weight excluding hydrogens is 340 g/mol. The zero-order valence-corrected chi connectivity index (χ0v) is 16.9. The Kier molecular flexibility index (Phi) is 8.36. The summed E-state index contributed by atoms with van der Waals surface area (Å²) in [6.07, 6.45) is 4.31. The molecule has 0 aliphatic carbocycles. The van der Waals surface area contributed by atoms with Crippen molar-refractivity contribution in [3.63, 3.8) is 0 Å². The Morgan fingerprint density at radius 3 is 2.27 bits per heavy atom. The molecular formula is C23H28O2S. The highest BCUT2D eigenvalue weighted by atomic mass is 32.2. The van der Waals surface area contributed by atoms with Crippen molar-refractivity contribution >= 4 is 17.3 Å². The molecule has 0 fully saturated rings. The number of unbranched alkanes of at least 4 members (excludes halogenated alkanes) is 1. The van der Waals surface area contributed by atoms with Gasteiger partial charge in [0, 0.05) is 5.57 Å². The van der Waals surface area contributed by atoms with E-state index in [0.29, 0.717) is 0 Å². The van der Waals surface area contributed by atoms with Crippen LogP contribution in [0.5, 0.6) is 11.5 Å². The predicted octanol–water partition coefficient (Wildman–Crippen LogP) is 7.29. The van der Waals surface area contributed by atoms with Gasteiger partial charge in [-0.2, -0.15) is 0 Å². The molecule has 0 saturated carbocycles. The van der Waals surface area contributed by atoms with E-state index in [9.17, 15) is 0 Å². The summed E-state index contributed by atoms with van der Waals surface area (Å²) in [4.78, 5) is 1.20. The van der Waals surface area contributed by atoms with Crippen molar-refractivity contribution in [3.05, 3.63) is 76.2 Å². The van der Waals surface area contributed by atoms with Crippen LogP contribution < -0.4 is 9.47 Å². The number of hydrogen-bond donors (Lipinski definition) is 0. The molecule has 0 aliphatic rings. The minimum absolute atomic E-state index is 0.767. The van der Waals surface area contributed by atoms with E-state index in [0.717, 1.165) is 47.2 Å². The van der Waals surface area contributed by atoms with E-state index < -0.39 is 0 Å². The Morgan fingerprint density at radius 1 is 0.962 bits per heavy atom. The van der Waals surface area contributed by atoms with Crippen molar-refractivity contribution in [3.8, 4) is 11.5 Å². The van der Waals surface area contributed by atoms with Crippen LogP contribution in [0.15, 0.2) is 70.7 Å². The van der Waals surface area contributed by atoms with Gasteiger partial charge in [0.2, 0.25) is 0 Å². The van der Waals surface area contributed by atoms with Crippen LogP contribution >= 0.6 is 11.8 Å². The Balaban J connectivity index is 2.23. The minimum Gasteiger partial charge on any atom is -0.494 e. The van der Waals surface area contributed by atoms with Crippen molar-refractivity contribution in [1.82, 2.24) is 0 Å². The number of thioether (sulfide) groups is 1. The van der Waals surface area contributed by atoms with Crippen molar-refractivity contribution in [2.75, 3.05) is 6.61 Å². The summed E-state index contributed by atoms with van der Waals surface area (Å²) in [5.41, 5.74) is 2.25. The summed E-state index contributed by atoms with van der Waals surface area (Å²) in [5.74, 6) is 1.76. The third-order valence-corrected chi connectivity index (χ3v) is 5.11. The maximum atomic E-state index is 6.18. The Labute approximate surface area is 161 Å². The molecule has 2 rings (SSSR count). The molecule has 0 N–H and O–H groups in total. The van der Waals surface area contributed by atoms with Crippen LogP contribution in [-0.4, -0.2) is 6.61 Å². The number of allylic oxidation sites excluding steroid dienone is 3. The summed E-state index contributed by atoms with van der Waals surface area (Å²) < 4.78 is 11.9. The second-order valence-corrected chi connectivity index (χ2v) is 7.27. The van der Waals surface area contributed by atoms with Crippen molar-refractivity contribution in [2.45, 2.75) is 40.5 Å². The molecule has 0 heterocycles. The van der Waals surface area contributed by atoms with E-state index in [2.05, 4.69) is 39.0 Å². The maximum Gasteiger partial charge on any atom is 0.168 e. The summed E-state index contributed by atoms with van der Waals surface area (Å²) in [6, 6.07) is 18.2. The zero-order chi connectivity index (χ0) is 18.8. The van der Waals surface area contributed by atoms with Crippen LogP contribution in [0.4, 0.5) is 0 Å². The fraction of sp³-hybridized carbons (Fsp3) is 0.304. The van der Waals surface area contributed by atoms with Gasteiger partial charge >= 0.3 is 0 Å². The Hall–Kier alpha value is -2.13. The molecule has 3 heteroatoms. The van der Waals surface area contributed by atoms with Gasteiger partial charge in [0.25, 0.3) is 0 Å². The summed E-state index contributed by atoms with van der Waals surface area (Å²) >= 11 is 1.65. The van der Waals surface area contributed by atoms with Gasteiger partial charge in [0.05, 0.1) is 6.61 Å². The smallest absolute Gasteiger partial charge is 0.168 e. The van der Waals surface area contributed by atoms with Crippen LogP contribution in [0, 0.1) is 0 Å². The molecule has 0 aromatic heterocycles. The molecule has 0 saturated heterocycles. The first-order chi connectivity index (χ1) is 12.6. The van der Waals surface area contributed by atoms with Crippen molar-refractivity contribution in [1.29, 1.82) is 0 Å². The lowest BCUT2D eigenvalue weighted by atomic mass is 10.1. The monoisotopic (exact) mass is 368 g/mol. The topological polar surface area (TPSA) is 18.5 Å². The first-order valence-corrected chi connectivity index (χ1v) is 9.93. The van der Waals surface area contributed by atoms with Crippen molar-refractivity contribution in [2.24, 2.45) is 0 Å². The minimum atomic E-state index is 0.767. The van der Waals surface area contributed by atoms with E-state index in [-0.39, 0.29) is 0 Å². The number of rotatable bonds is 9. The van der Waals surface area contributed by atoms with Gasteiger partial charge < -0.3 is 9.47 Å². The van der Waals surface area contributed by atoms with Gasteiger partial charge in [-0.05, 0) is 61.9 Å². The largest absolute Gasteiger partial charge is 0.494 e. The van der Waals surface area contributed by atoms with Crippen LogP contribution in [0.3, 0.4) is 0 Å². The molecule has 0 amide bonds. The number of hydrogen-bond acceptors (Lipinski definition) is 3. The second-order valence-electron chi connectivity index (χ2n) is 6.06. The number of para-hydroxylation sites is 1. The van der Waals surface area contributed by atoms with Crippen LogP contribution in [0.2, 0.25) is 0 Å². The highest BCUT2D eigenvalue weighted by Crippen LogP contribution is 2.34. The van der Waals surface area contributed by atoms with Gasteiger partial charge in [0.15, 0.2) is 5.09 Å². The molecule has 2 aromatic rings. The first-order valence-electron chi connectivity index (χ1n) is 9.11. The number of ether oxygens (including phenoxy) is 2. The summed E-state index contributed by atoms with van der Waals surface area (Å²) in [7, 11) is 0. The standard InChI is InChI=1S/C23H28O2S/c1-5-7-17-24-21-15-13-20(14-16-21)19(4)23(26-18(3)6-2)25-22-11-9-8-10-12-22/h6,8-16H,5,7,17H2,1-4H3/b18-6-,23-19+. The molecule has 138 valence electrons. The average Bonchev–Trinajstić information content (AvgIpc) is 2.68. The van der Waals surface area contributed by atoms with Crippen LogP contribution in [0.25, 0.3) is 5.57 Å². The average molecular weight is 369 g/mol. The van der Waals surface area contributed by atoms with Gasteiger partial charge in [-0.15, -0.1) is 0 Å². The molecule has 2 aromatic carbocycles. The van der Waals surface area contributed by atoms with E-state index >= 15 is 0 Å². The molecule has 0 unspecified atom stereocenters. The van der Waals surface area contributed by atoms with Gasteiger partial charge in [-0.3, -0.25) is 0 Å². The Morgan fingerprint density at radius 2 is 1.65 bits per heavy atom. The molecule has 0 atom stereocenters. The fourth-order valence-electron chi connectivity index (χ4n) is 2.23. The van der Waals surface area contributed by atoms with Gasteiger partial charge in [-0.1, -0.05) is 61.5 Å². The normalized spacial score (nSPS) is 12.5. The predicted molar refractivity (Wildman–Crippen MR) is 114 cm³/mol. The van der Waals surface area contributed by atoms with Crippen LogP contribution in [0.1, 0.15) is 46.1 Å². The van der Waals surface area contributed by atoms with E-state index in [1.165, 1.54) is 4.91 Å². The molecule has 0 bridgehead atoms. The fourth-order valence-corrected chi connectivity index (χ4v) is 3.05. The van der Waals surface area contributed by atoms with E-state index in [1.54, 1.807) is 11.8 Å². The second kappa shape index (κ2) is 10.8. The summed E-state index contributed by atoms with van der Waals surface area (Å²) in [6.45, 7) is 9.17. The SMILES string of the molecule is C/C=C(/C)S/C(Oc1ccccc1)=C(\C)c1ccc(OCCCC)cc1. The maximum absolute atomic E-state index is 6.18. The Bertz CT molecular complexity index is 731. The molecule has 0 spiro atoms. The third-order valence-electron chi connectivity index (χ3n) is 3.97. The highest BCUT2D eigenvalue weighted by molar-refractivity contribution is 8.06. The number of benzene rings is 2. The summed E-state index contributed by atoms with van der Waals surface area (Å²) in [5, 5.41) is 0.895. The lowest BCUT2D eigenvalue weighted by molar-refractivity contribution is 0.309. The third kappa shape index (κ3) is 6.30. The van der Waals surface area contributed by atoms with E-state index in [1.807, 2.05) is 49.4 Å².